The van der Waals surface area contributed by atoms with Gasteiger partial charge >= 0.3 is 16.1 Å². The highest BCUT2D eigenvalue weighted by atomic mass is 32.2. The molecule has 0 amide bonds. The Kier molecular flexibility index (Phi) is 4.61. The van der Waals surface area contributed by atoms with Gasteiger partial charge < -0.3 is 4.74 Å². The number of hydrogen-bond acceptors (Lipinski definition) is 6. The molecule has 2 N–H and O–H groups in total. The summed E-state index contributed by atoms with van der Waals surface area (Å²) in [4.78, 5) is 10.9. The predicted molar refractivity (Wildman–Crippen MR) is 52.7 cm³/mol. The molecule has 94 valence electrons. The van der Waals surface area contributed by atoms with Gasteiger partial charge in [0, 0.05) is 5.57 Å². The Hall–Kier alpha value is -0.970. The van der Waals surface area contributed by atoms with Crippen LogP contribution in [-0.2, 0) is 29.8 Å². The Morgan fingerprint density at radius 3 is 2.00 bits per heavy atom. The second-order valence-electron chi connectivity index (χ2n) is 2.88. The molecule has 0 aromatic rings. The second-order valence-corrected chi connectivity index (χ2v) is 5.93. The molecule has 16 heavy (non-hydrogen) atoms. The van der Waals surface area contributed by atoms with E-state index in [4.69, 9.17) is 9.11 Å². The maximum atomic E-state index is 10.9. The Balaban J connectivity index is 5.00. The van der Waals surface area contributed by atoms with Crippen molar-refractivity contribution in [1.29, 1.82) is 0 Å². The van der Waals surface area contributed by atoms with Crippen molar-refractivity contribution < 1.29 is 35.5 Å². The normalized spacial score (nSPS) is 14.2. The van der Waals surface area contributed by atoms with Gasteiger partial charge in [0.15, 0.2) is 0 Å². The standard InChI is InChI=1S/C6H10O8S2/c1-4(2)6(7)14-5(16(11,12)13)3-15(8,9)10/h5H,1,3H2,2H3,(H,8,9,10)(H,11,12,13). The molecule has 1 unspecified atom stereocenters. The van der Waals surface area contributed by atoms with E-state index in [-0.39, 0.29) is 5.57 Å². The highest BCUT2D eigenvalue weighted by Gasteiger charge is 2.32. The van der Waals surface area contributed by atoms with Gasteiger partial charge in [-0.15, -0.1) is 0 Å². The third-order valence-electron chi connectivity index (χ3n) is 1.27. The summed E-state index contributed by atoms with van der Waals surface area (Å²) in [5.41, 5.74) is -2.57. The molecule has 8 nitrogen and oxygen atoms in total. The number of esters is 1. The van der Waals surface area contributed by atoms with Gasteiger partial charge in [-0.25, -0.2) is 4.79 Å². The zero-order valence-corrected chi connectivity index (χ0v) is 9.78. The molecule has 0 fully saturated rings. The van der Waals surface area contributed by atoms with Crippen LogP contribution in [0.2, 0.25) is 0 Å². The lowest BCUT2D eigenvalue weighted by molar-refractivity contribution is -0.140. The van der Waals surface area contributed by atoms with E-state index in [0.29, 0.717) is 0 Å². The van der Waals surface area contributed by atoms with E-state index in [2.05, 4.69) is 11.3 Å². The van der Waals surface area contributed by atoms with Crippen molar-refractivity contribution in [3.8, 4) is 0 Å². The first-order chi connectivity index (χ1) is 6.93. The van der Waals surface area contributed by atoms with E-state index in [1.807, 2.05) is 0 Å². The summed E-state index contributed by atoms with van der Waals surface area (Å²) in [5, 5.41) is 0. The average Bonchev–Trinajstić information content (AvgIpc) is 1.98. The summed E-state index contributed by atoms with van der Waals surface area (Å²) >= 11 is 0. The van der Waals surface area contributed by atoms with Crippen LogP contribution < -0.4 is 0 Å². The van der Waals surface area contributed by atoms with Crippen molar-refractivity contribution >= 4 is 26.2 Å². The molecular weight excluding hydrogens is 264 g/mol. The first kappa shape index (κ1) is 15.0. The van der Waals surface area contributed by atoms with Crippen LogP contribution in [0.15, 0.2) is 12.2 Å². The molecule has 0 saturated heterocycles. The molecule has 0 aromatic carbocycles. The Bertz CT molecular complexity index is 485. The van der Waals surface area contributed by atoms with E-state index in [1.54, 1.807) is 0 Å². The molecule has 0 heterocycles. The minimum atomic E-state index is -4.95. The number of hydrogen-bond donors (Lipinski definition) is 2. The van der Waals surface area contributed by atoms with Gasteiger partial charge in [0.05, 0.1) is 0 Å². The van der Waals surface area contributed by atoms with Gasteiger partial charge in [-0.2, -0.15) is 16.8 Å². The molecule has 10 heteroatoms. The summed E-state index contributed by atoms with van der Waals surface area (Å²) < 4.78 is 63.2. The summed E-state index contributed by atoms with van der Waals surface area (Å²) in [6.45, 7) is 4.32. The molecule has 0 rings (SSSR count). The molecular formula is C6H10O8S2. The third-order valence-corrected chi connectivity index (χ3v) is 3.13. The Labute approximate surface area is 92.4 Å². The van der Waals surface area contributed by atoms with E-state index in [9.17, 15) is 21.6 Å². The smallest absolute Gasteiger partial charge is 0.334 e. The maximum Gasteiger partial charge on any atom is 0.334 e. The van der Waals surface area contributed by atoms with Crippen molar-refractivity contribution in [2.45, 2.75) is 12.4 Å². The van der Waals surface area contributed by atoms with Crippen molar-refractivity contribution in [2.24, 2.45) is 0 Å². The highest BCUT2D eigenvalue weighted by molar-refractivity contribution is 7.90. The fraction of sp³-hybridized carbons (Fsp3) is 0.500. The van der Waals surface area contributed by atoms with E-state index >= 15 is 0 Å². The lowest BCUT2D eigenvalue weighted by Crippen LogP contribution is -2.33. The molecule has 0 aromatic heterocycles. The number of carbonyl (C=O) groups is 1. The quantitative estimate of drug-likeness (QED) is 0.378. The third kappa shape index (κ3) is 5.80. The molecule has 0 aliphatic carbocycles. The molecule has 0 aliphatic heterocycles. The van der Waals surface area contributed by atoms with Gasteiger partial charge in [-0.05, 0) is 6.92 Å². The zero-order chi connectivity index (χ0) is 13.1. The molecule has 1 atom stereocenters. The first-order valence-electron chi connectivity index (χ1n) is 3.71. The molecule has 0 bridgehead atoms. The monoisotopic (exact) mass is 274 g/mol. The van der Waals surface area contributed by atoms with Gasteiger partial charge in [0.1, 0.15) is 5.75 Å². The summed E-state index contributed by atoms with van der Waals surface area (Å²) in [6, 6.07) is 0. The van der Waals surface area contributed by atoms with Gasteiger partial charge in [0.2, 0.25) is 5.44 Å². The molecule has 0 spiro atoms. The van der Waals surface area contributed by atoms with Crippen molar-refractivity contribution in [1.82, 2.24) is 0 Å². The van der Waals surface area contributed by atoms with E-state index in [0.717, 1.165) is 0 Å². The number of carbonyl (C=O) groups excluding carboxylic acids is 1. The first-order valence-corrected chi connectivity index (χ1v) is 6.82. The second kappa shape index (κ2) is 4.91. The molecule has 0 radical (unpaired) electrons. The zero-order valence-electron chi connectivity index (χ0n) is 8.15. The van der Waals surface area contributed by atoms with Crippen LogP contribution in [0.25, 0.3) is 0 Å². The largest absolute Gasteiger partial charge is 0.439 e. The van der Waals surface area contributed by atoms with Crippen molar-refractivity contribution in [3.05, 3.63) is 12.2 Å². The lowest BCUT2D eigenvalue weighted by atomic mass is 10.4. The van der Waals surface area contributed by atoms with Gasteiger partial charge in [-0.3, -0.25) is 9.11 Å². The van der Waals surface area contributed by atoms with Crippen molar-refractivity contribution in [3.63, 3.8) is 0 Å². The van der Waals surface area contributed by atoms with Crippen LogP contribution in [0.3, 0.4) is 0 Å². The average molecular weight is 274 g/mol. The summed E-state index contributed by atoms with van der Waals surface area (Å²) in [7, 11) is -9.67. The number of rotatable bonds is 5. The van der Waals surface area contributed by atoms with Crippen LogP contribution in [0.4, 0.5) is 0 Å². The highest BCUT2D eigenvalue weighted by Crippen LogP contribution is 2.07. The summed E-state index contributed by atoms with van der Waals surface area (Å²) in [5.74, 6) is -2.66. The van der Waals surface area contributed by atoms with Crippen LogP contribution >= 0.6 is 0 Å². The van der Waals surface area contributed by atoms with Gasteiger partial charge in [-0.1, -0.05) is 6.58 Å². The maximum absolute atomic E-state index is 10.9. The number of ether oxygens (including phenoxy) is 1. The fourth-order valence-corrected chi connectivity index (χ4v) is 2.40. The van der Waals surface area contributed by atoms with Crippen molar-refractivity contribution in [2.75, 3.05) is 5.75 Å². The van der Waals surface area contributed by atoms with E-state index < -0.39 is 37.4 Å². The molecule has 0 saturated carbocycles. The van der Waals surface area contributed by atoms with Crippen LogP contribution in [-0.4, -0.2) is 43.1 Å². The predicted octanol–water partition coefficient (Wildman–Crippen LogP) is -0.793. The lowest BCUT2D eigenvalue weighted by Gasteiger charge is -2.13. The van der Waals surface area contributed by atoms with Gasteiger partial charge in [0.25, 0.3) is 10.1 Å². The minimum Gasteiger partial charge on any atom is -0.439 e. The van der Waals surface area contributed by atoms with Crippen LogP contribution in [0.1, 0.15) is 6.92 Å². The van der Waals surface area contributed by atoms with Crippen LogP contribution in [0, 0.1) is 0 Å². The minimum absolute atomic E-state index is 0.191. The summed E-state index contributed by atoms with van der Waals surface area (Å²) in [6.07, 6.45) is 0. The molecule has 0 aliphatic rings. The fourth-order valence-electron chi connectivity index (χ4n) is 0.573. The Morgan fingerprint density at radius 2 is 1.75 bits per heavy atom. The Morgan fingerprint density at radius 1 is 1.31 bits per heavy atom. The van der Waals surface area contributed by atoms with E-state index in [1.165, 1.54) is 6.92 Å². The SMILES string of the molecule is C=C(C)C(=O)OC(CS(=O)(=O)O)S(=O)(=O)O. The van der Waals surface area contributed by atoms with Crippen LogP contribution in [0.5, 0.6) is 0 Å². The topological polar surface area (TPSA) is 135 Å².